The quantitative estimate of drug-likeness (QED) is 0.938. The summed E-state index contributed by atoms with van der Waals surface area (Å²) in [5.74, 6) is 0. The largest absolute Gasteiger partial charge is 0.396 e. The number of aryl methyl sites for hydroxylation is 1. The Kier molecular flexibility index (Phi) is 4.06. The standard InChI is InChI=1S/C17H22N4/c1-14-2-4-15(5-3-14)13-20-8-10-21(11-9-20)17-6-7-19-12-16(17)18/h2-7,12H,8-11,13,18H2,1H3. The van der Waals surface area contributed by atoms with E-state index in [0.29, 0.717) is 0 Å². The lowest BCUT2D eigenvalue weighted by atomic mass is 10.1. The molecule has 0 saturated carbocycles. The second-order valence-corrected chi connectivity index (χ2v) is 5.68. The van der Waals surface area contributed by atoms with Crippen LogP contribution in [0.1, 0.15) is 11.1 Å². The highest BCUT2D eigenvalue weighted by Gasteiger charge is 2.18. The van der Waals surface area contributed by atoms with Crippen molar-refractivity contribution in [2.24, 2.45) is 0 Å². The summed E-state index contributed by atoms with van der Waals surface area (Å²) in [4.78, 5) is 8.90. The average Bonchev–Trinajstić information content (AvgIpc) is 2.51. The minimum absolute atomic E-state index is 0.768. The zero-order valence-electron chi connectivity index (χ0n) is 12.5. The van der Waals surface area contributed by atoms with Crippen LogP contribution in [0.5, 0.6) is 0 Å². The van der Waals surface area contributed by atoms with Gasteiger partial charge < -0.3 is 10.6 Å². The molecule has 110 valence electrons. The van der Waals surface area contributed by atoms with Crippen LogP contribution in [0.25, 0.3) is 0 Å². The summed E-state index contributed by atoms with van der Waals surface area (Å²) >= 11 is 0. The molecule has 0 radical (unpaired) electrons. The Morgan fingerprint density at radius 2 is 1.76 bits per heavy atom. The molecule has 1 aliphatic heterocycles. The van der Waals surface area contributed by atoms with Gasteiger partial charge in [0.2, 0.25) is 0 Å². The van der Waals surface area contributed by atoms with E-state index in [1.165, 1.54) is 11.1 Å². The number of nitrogens with zero attached hydrogens (tertiary/aromatic N) is 3. The minimum Gasteiger partial charge on any atom is -0.396 e. The van der Waals surface area contributed by atoms with Crippen molar-refractivity contribution in [2.45, 2.75) is 13.5 Å². The third kappa shape index (κ3) is 3.34. The zero-order chi connectivity index (χ0) is 14.7. The highest BCUT2D eigenvalue weighted by molar-refractivity contribution is 5.66. The normalized spacial score (nSPS) is 16.1. The van der Waals surface area contributed by atoms with Crippen LogP contribution >= 0.6 is 0 Å². The number of anilines is 2. The van der Waals surface area contributed by atoms with Gasteiger partial charge >= 0.3 is 0 Å². The summed E-state index contributed by atoms with van der Waals surface area (Å²) in [5, 5.41) is 0. The van der Waals surface area contributed by atoms with Crippen molar-refractivity contribution in [3.8, 4) is 0 Å². The number of hydrogen-bond donors (Lipinski definition) is 1. The smallest absolute Gasteiger partial charge is 0.0738 e. The maximum atomic E-state index is 6.01. The van der Waals surface area contributed by atoms with Crippen molar-refractivity contribution in [3.05, 3.63) is 53.9 Å². The summed E-state index contributed by atoms with van der Waals surface area (Å²) in [7, 11) is 0. The molecule has 0 unspecified atom stereocenters. The van der Waals surface area contributed by atoms with Crippen LogP contribution in [0.2, 0.25) is 0 Å². The van der Waals surface area contributed by atoms with Gasteiger partial charge in [0.05, 0.1) is 17.6 Å². The van der Waals surface area contributed by atoms with Crippen molar-refractivity contribution in [3.63, 3.8) is 0 Å². The molecule has 1 aromatic heterocycles. The van der Waals surface area contributed by atoms with Gasteiger partial charge in [-0.15, -0.1) is 0 Å². The molecule has 0 bridgehead atoms. The van der Waals surface area contributed by atoms with E-state index < -0.39 is 0 Å². The van der Waals surface area contributed by atoms with Gasteiger partial charge in [-0.2, -0.15) is 0 Å². The number of piperazine rings is 1. The van der Waals surface area contributed by atoms with Crippen LogP contribution in [-0.2, 0) is 6.54 Å². The van der Waals surface area contributed by atoms with Crippen molar-refractivity contribution in [1.29, 1.82) is 0 Å². The van der Waals surface area contributed by atoms with Gasteiger partial charge in [0.1, 0.15) is 0 Å². The van der Waals surface area contributed by atoms with E-state index in [4.69, 9.17) is 5.73 Å². The van der Waals surface area contributed by atoms with E-state index in [-0.39, 0.29) is 0 Å². The molecule has 1 saturated heterocycles. The molecule has 0 atom stereocenters. The predicted octanol–water partition coefficient (Wildman–Crippen LogP) is 2.29. The molecule has 0 spiro atoms. The summed E-state index contributed by atoms with van der Waals surface area (Å²) in [5.41, 5.74) is 10.6. The van der Waals surface area contributed by atoms with E-state index in [0.717, 1.165) is 44.1 Å². The van der Waals surface area contributed by atoms with Gasteiger partial charge in [-0.1, -0.05) is 29.8 Å². The lowest BCUT2D eigenvalue weighted by molar-refractivity contribution is 0.250. The third-order valence-electron chi connectivity index (χ3n) is 4.07. The number of nitrogens with two attached hydrogens (primary N) is 1. The van der Waals surface area contributed by atoms with Gasteiger partial charge in [0.15, 0.2) is 0 Å². The lowest BCUT2D eigenvalue weighted by Crippen LogP contribution is -2.46. The first-order valence-electron chi connectivity index (χ1n) is 7.45. The Hall–Kier alpha value is -2.07. The van der Waals surface area contributed by atoms with E-state index >= 15 is 0 Å². The van der Waals surface area contributed by atoms with Gasteiger partial charge in [-0.25, -0.2) is 0 Å². The third-order valence-corrected chi connectivity index (χ3v) is 4.07. The lowest BCUT2D eigenvalue weighted by Gasteiger charge is -2.36. The average molecular weight is 282 g/mol. The summed E-state index contributed by atoms with van der Waals surface area (Å²) in [6.45, 7) is 7.31. The van der Waals surface area contributed by atoms with Crippen LogP contribution in [0.4, 0.5) is 11.4 Å². The molecule has 4 heteroatoms. The first kappa shape index (κ1) is 13.9. The highest BCUT2D eigenvalue weighted by atomic mass is 15.3. The number of rotatable bonds is 3. The Bertz CT molecular complexity index is 586. The maximum Gasteiger partial charge on any atom is 0.0738 e. The van der Waals surface area contributed by atoms with Crippen molar-refractivity contribution < 1.29 is 0 Å². The Morgan fingerprint density at radius 1 is 1.05 bits per heavy atom. The van der Waals surface area contributed by atoms with E-state index in [1.807, 2.05) is 12.3 Å². The predicted molar refractivity (Wildman–Crippen MR) is 87.3 cm³/mol. The fourth-order valence-electron chi connectivity index (χ4n) is 2.79. The molecular formula is C17H22N4. The molecule has 1 aliphatic rings. The highest BCUT2D eigenvalue weighted by Crippen LogP contribution is 2.22. The number of pyridine rings is 1. The Labute approximate surface area is 126 Å². The Balaban J connectivity index is 1.58. The molecule has 2 heterocycles. The number of nitrogen functional groups attached to an aromatic ring is 1. The molecule has 2 N–H and O–H groups in total. The molecule has 1 fully saturated rings. The molecule has 3 rings (SSSR count). The minimum atomic E-state index is 0.768. The van der Waals surface area contributed by atoms with Crippen molar-refractivity contribution in [1.82, 2.24) is 9.88 Å². The molecule has 4 nitrogen and oxygen atoms in total. The van der Waals surface area contributed by atoms with Gasteiger partial charge in [0.25, 0.3) is 0 Å². The number of benzene rings is 1. The monoisotopic (exact) mass is 282 g/mol. The van der Waals surface area contributed by atoms with Crippen LogP contribution in [0.3, 0.4) is 0 Å². The zero-order valence-corrected chi connectivity index (χ0v) is 12.5. The molecule has 0 amide bonds. The van der Waals surface area contributed by atoms with E-state index in [2.05, 4.69) is 46.0 Å². The number of aromatic nitrogens is 1. The first-order valence-corrected chi connectivity index (χ1v) is 7.45. The Morgan fingerprint density at radius 3 is 2.43 bits per heavy atom. The summed E-state index contributed by atoms with van der Waals surface area (Å²) in [6, 6.07) is 10.8. The van der Waals surface area contributed by atoms with Crippen molar-refractivity contribution in [2.75, 3.05) is 36.8 Å². The second-order valence-electron chi connectivity index (χ2n) is 5.68. The van der Waals surface area contributed by atoms with E-state index in [1.54, 1.807) is 6.20 Å². The van der Waals surface area contributed by atoms with Crippen LogP contribution < -0.4 is 10.6 Å². The first-order chi connectivity index (χ1) is 10.2. The molecule has 0 aliphatic carbocycles. The summed E-state index contributed by atoms with van der Waals surface area (Å²) < 4.78 is 0. The van der Waals surface area contributed by atoms with Crippen LogP contribution in [-0.4, -0.2) is 36.1 Å². The van der Waals surface area contributed by atoms with Crippen LogP contribution in [0.15, 0.2) is 42.7 Å². The molecule has 21 heavy (non-hydrogen) atoms. The molecular weight excluding hydrogens is 260 g/mol. The van der Waals surface area contributed by atoms with Crippen molar-refractivity contribution >= 4 is 11.4 Å². The fraction of sp³-hybridized carbons (Fsp3) is 0.353. The molecule has 2 aromatic rings. The topological polar surface area (TPSA) is 45.4 Å². The SMILES string of the molecule is Cc1ccc(CN2CCN(c3ccncc3N)CC2)cc1. The molecule has 1 aromatic carbocycles. The van der Waals surface area contributed by atoms with Crippen LogP contribution in [0, 0.1) is 6.92 Å². The fourth-order valence-corrected chi connectivity index (χ4v) is 2.79. The van der Waals surface area contributed by atoms with Gasteiger partial charge in [0, 0.05) is 38.9 Å². The number of hydrogen-bond acceptors (Lipinski definition) is 4. The maximum absolute atomic E-state index is 6.01. The second kappa shape index (κ2) is 6.14. The van der Waals surface area contributed by atoms with Gasteiger partial charge in [-0.05, 0) is 18.6 Å². The summed E-state index contributed by atoms with van der Waals surface area (Å²) in [6.07, 6.45) is 3.54. The van der Waals surface area contributed by atoms with Gasteiger partial charge in [-0.3, -0.25) is 9.88 Å². The van der Waals surface area contributed by atoms with E-state index in [9.17, 15) is 0 Å².